The lowest BCUT2D eigenvalue weighted by molar-refractivity contribution is -0.137. The van der Waals surface area contributed by atoms with Gasteiger partial charge in [0.1, 0.15) is 5.60 Å². The Morgan fingerprint density at radius 1 is 1.25 bits per heavy atom. The van der Waals surface area contributed by atoms with Gasteiger partial charge >= 0.3 is 12.1 Å². The van der Waals surface area contributed by atoms with Crippen molar-refractivity contribution in [2.24, 2.45) is 0 Å². The highest BCUT2D eigenvalue weighted by Crippen LogP contribution is 2.37. The van der Waals surface area contributed by atoms with Crippen LogP contribution in [0.2, 0.25) is 0 Å². The molecule has 0 saturated carbocycles. The molecule has 0 unspecified atom stereocenters. The van der Waals surface area contributed by atoms with Crippen molar-refractivity contribution in [1.29, 1.82) is 5.26 Å². The van der Waals surface area contributed by atoms with Crippen molar-refractivity contribution >= 4 is 18.1 Å². The van der Waals surface area contributed by atoms with Crippen molar-refractivity contribution in [2.45, 2.75) is 51.6 Å². The monoisotopic (exact) mass is 384 g/mol. The molecular weight excluding hydrogens is 356 g/mol. The average molecular weight is 384 g/mol. The second-order valence-corrected chi connectivity index (χ2v) is 7.83. The highest BCUT2D eigenvalue weighted by Gasteiger charge is 2.39. The molecule has 2 rings (SSSR count). The number of carbonyl (C=O) groups is 2. The first kappa shape index (κ1) is 21.5. The van der Waals surface area contributed by atoms with Crippen LogP contribution in [-0.2, 0) is 19.7 Å². The van der Waals surface area contributed by atoms with E-state index < -0.39 is 17.0 Å². The van der Waals surface area contributed by atoms with E-state index in [2.05, 4.69) is 6.07 Å². The van der Waals surface area contributed by atoms with E-state index in [1.54, 1.807) is 17.9 Å². The molecule has 0 atom stereocenters. The largest absolute Gasteiger partial charge is 0.463 e. The first-order valence-corrected chi connectivity index (χ1v) is 9.54. The molecule has 150 valence electrons. The Morgan fingerprint density at radius 3 is 2.46 bits per heavy atom. The van der Waals surface area contributed by atoms with Crippen molar-refractivity contribution in [2.75, 3.05) is 19.7 Å². The summed E-state index contributed by atoms with van der Waals surface area (Å²) in [5.74, 6) is -0.414. The number of hydrogen-bond acceptors (Lipinski definition) is 5. The standard InChI is InChI=1S/C22H28N2O4/c1-5-27-19(25)11-10-17-8-6-7-9-18(17)22(16-23)12-14-24(15-13-22)20(26)28-21(2,3)4/h6-11H,5,12-15H2,1-4H3/b11-10+. The van der Waals surface area contributed by atoms with Crippen LogP contribution in [0.4, 0.5) is 4.79 Å². The molecule has 1 saturated heterocycles. The minimum atomic E-state index is -0.714. The van der Waals surface area contributed by atoms with Crippen LogP contribution in [0.25, 0.3) is 6.08 Å². The Hall–Kier alpha value is -2.81. The molecule has 28 heavy (non-hydrogen) atoms. The topological polar surface area (TPSA) is 79.6 Å². The number of hydrogen-bond donors (Lipinski definition) is 0. The van der Waals surface area contributed by atoms with Crippen LogP contribution < -0.4 is 0 Å². The van der Waals surface area contributed by atoms with Gasteiger partial charge in [-0.15, -0.1) is 0 Å². The maximum Gasteiger partial charge on any atom is 0.410 e. The summed E-state index contributed by atoms with van der Waals surface area (Å²) in [6, 6.07) is 10.0. The van der Waals surface area contributed by atoms with Crippen molar-refractivity contribution in [1.82, 2.24) is 4.90 Å². The molecule has 1 aromatic carbocycles. The van der Waals surface area contributed by atoms with E-state index in [1.165, 1.54) is 6.08 Å². The lowest BCUT2D eigenvalue weighted by Crippen LogP contribution is -2.46. The third kappa shape index (κ3) is 5.35. The molecule has 6 heteroatoms. The summed E-state index contributed by atoms with van der Waals surface area (Å²) in [4.78, 5) is 25.6. The number of carbonyl (C=O) groups excluding carboxylic acids is 2. The number of piperidine rings is 1. The summed E-state index contributed by atoms with van der Waals surface area (Å²) in [5.41, 5.74) is 0.407. The Bertz CT molecular complexity index is 778. The quantitative estimate of drug-likeness (QED) is 0.578. The molecule has 1 aliphatic rings. The van der Waals surface area contributed by atoms with E-state index in [0.29, 0.717) is 32.5 Å². The van der Waals surface area contributed by atoms with Gasteiger partial charge in [0.25, 0.3) is 0 Å². The van der Waals surface area contributed by atoms with Gasteiger partial charge in [0.05, 0.1) is 18.1 Å². The fourth-order valence-corrected chi connectivity index (χ4v) is 3.27. The molecule has 1 aromatic rings. The minimum absolute atomic E-state index is 0.313. The van der Waals surface area contributed by atoms with Crippen LogP contribution in [0.3, 0.4) is 0 Å². The van der Waals surface area contributed by atoms with Gasteiger partial charge in [0, 0.05) is 19.2 Å². The Kier molecular flexibility index (Phi) is 6.85. The highest BCUT2D eigenvalue weighted by atomic mass is 16.6. The predicted octanol–water partition coefficient (Wildman–Crippen LogP) is 4.06. The van der Waals surface area contributed by atoms with Crippen molar-refractivity contribution in [3.05, 3.63) is 41.5 Å². The van der Waals surface area contributed by atoms with E-state index >= 15 is 0 Å². The number of nitriles is 1. The van der Waals surface area contributed by atoms with E-state index in [9.17, 15) is 14.9 Å². The van der Waals surface area contributed by atoms with E-state index in [-0.39, 0.29) is 6.09 Å². The maximum atomic E-state index is 12.3. The van der Waals surface area contributed by atoms with Gasteiger partial charge in [-0.05, 0) is 57.7 Å². The van der Waals surface area contributed by atoms with Crippen molar-refractivity contribution in [3.8, 4) is 6.07 Å². The number of nitrogens with zero attached hydrogens (tertiary/aromatic N) is 2. The van der Waals surface area contributed by atoms with Crippen molar-refractivity contribution < 1.29 is 19.1 Å². The Labute approximate surface area is 166 Å². The zero-order valence-electron chi connectivity index (χ0n) is 17.0. The third-order valence-corrected chi connectivity index (χ3v) is 4.64. The van der Waals surface area contributed by atoms with Gasteiger partial charge in [-0.3, -0.25) is 0 Å². The molecular formula is C22H28N2O4. The van der Waals surface area contributed by atoms with Crippen LogP contribution in [0, 0.1) is 11.3 Å². The molecule has 0 spiro atoms. The number of rotatable bonds is 4. The zero-order valence-corrected chi connectivity index (χ0v) is 17.0. The molecule has 1 heterocycles. The summed E-state index contributed by atoms with van der Waals surface area (Å²) in [5, 5.41) is 9.99. The zero-order chi connectivity index (χ0) is 20.8. The molecule has 0 aromatic heterocycles. The molecule has 0 aliphatic carbocycles. The summed E-state index contributed by atoms with van der Waals surface area (Å²) in [6.07, 6.45) is 3.73. The fourth-order valence-electron chi connectivity index (χ4n) is 3.27. The van der Waals surface area contributed by atoms with Crippen LogP contribution in [0.1, 0.15) is 51.7 Å². The number of benzene rings is 1. The molecule has 0 N–H and O–H groups in total. The van der Waals surface area contributed by atoms with Crippen LogP contribution in [-0.4, -0.2) is 42.3 Å². The third-order valence-electron chi connectivity index (χ3n) is 4.64. The fraction of sp³-hybridized carbons (Fsp3) is 0.500. The molecule has 0 bridgehead atoms. The van der Waals surface area contributed by atoms with Gasteiger partial charge in [0.2, 0.25) is 0 Å². The smallest absolute Gasteiger partial charge is 0.410 e. The lowest BCUT2D eigenvalue weighted by atomic mass is 9.72. The minimum Gasteiger partial charge on any atom is -0.463 e. The number of ether oxygens (including phenoxy) is 2. The molecule has 6 nitrogen and oxygen atoms in total. The normalized spacial score (nSPS) is 16.5. The number of likely N-dealkylation sites (tertiary alicyclic amines) is 1. The number of amides is 1. The summed E-state index contributed by atoms with van der Waals surface area (Å²) in [7, 11) is 0. The Balaban J connectivity index is 2.20. The first-order chi connectivity index (χ1) is 13.2. The average Bonchev–Trinajstić information content (AvgIpc) is 2.65. The summed E-state index contributed by atoms with van der Waals surface area (Å²) < 4.78 is 10.4. The maximum absolute atomic E-state index is 12.3. The van der Waals surface area contributed by atoms with Gasteiger partial charge in [-0.1, -0.05) is 24.3 Å². The molecule has 0 radical (unpaired) electrons. The van der Waals surface area contributed by atoms with E-state index in [4.69, 9.17) is 9.47 Å². The SMILES string of the molecule is CCOC(=O)/C=C/c1ccccc1C1(C#N)CCN(C(=O)OC(C)(C)C)CC1. The van der Waals surface area contributed by atoms with E-state index in [0.717, 1.165) is 11.1 Å². The highest BCUT2D eigenvalue weighted by molar-refractivity contribution is 5.87. The first-order valence-electron chi connectivity index (χ1n) is 9.54. The van der Waals surface area contributed by atoms with Gasteiger partial charge in [-0.2, -0.15) is 5.26 Å². The number of esters is 1. The van der Waals surface area contributed by atoms with Gasteiger partial charge < -0.3 is 14.4 Å². The Morgan fingerprint density at radius 2 is 1.89 bits per heavy atom. The van der Waals surface area contributed by atoms with Crippen LogP contribution in [0.15, 0.2) is 30.3 Å². The van der Waals surface area contributed by atoms with Crippen molar-refractivity contribution in [3.63, 3.8) is 0 Å². The van der Waals surface area contributed by atoms with Crippen LogP contribution >= 0.6 is 0 Å². The second kappa shape index (κ2) is 8.92. The summed E-state index contributed by atoms with van der Waals surface area (Å²) in [6.45, 7) is 8.45. The van der Waals surface area contributed by atoms with Gasteiger partial charge in [0.15, 0.2) is 0 Å². The predicted molar refractivity (Wildman–Crippen MR) is 106 cm³/mol. The second-order valence-electron chi connectivity index (χ2n) is 7.83. The van der Waals surface area contributed by atoms with Gasteiger partial charge in [-0.25, -0.2) is 9.59 Å². The molecule has 1 amide bonds. The molecule has 1 fully saturated rings. The summed E-state index contributed by atoms with van der Waals surface area (Å²) >= 11 is 0. The van der Waals surface area contributed by atoms with Crippen LogP contribution in [0.5, 0.6) is 0 Å². The lowest BCUT2D eigenvalue weighted by Gasteiger charge is -2.38. The van der Waals surface area contributed by atoms with E-state index in [1.807, 2.05) is 45.0 Å². The molecule has 1 aliphatic heterocycles.